The van der Waals surface area contributed by atoms with E-state index in [0.29, 0.717) is 11.8 Å². The van der Waals surface area contributed by atoms with Crippen LogP contribution in [-0.2, 0) is 8.85 Å². The third-order valence-corrected chi connectivity index (χ3v) is 9.16. The molecule has 1 aliphatic rings. The summed E-state index contributed by atoms with van der Waals surface area (Å²) in [6, 6.07) is 0. The molecule has 0 saturated carbocycles. The molecule has 1 fully saturated rings. The number of rotatable bonds is 10. The Hall–Kier alpha value is 0.314. The molecule has 1 saturated heterocycles. The summed E-state index contributed by atoms with van der Waals surface area (Å²) in [4.78, 5) is 2.96. The van der Waals surface area contributed by atoms with E-state index >= 15 is 0 Å². The maximum Gasteiger partial charge on any atom is 0.184 e. The largest absolute Gasteiger partial charge is 0.413 e. The van der Waals surface area contributed by atoms with Crippen LogP contribution >= 0.6 is 0 Å². The molecule has 0 N–H and O–H groups in total. The molecular formula is C27H59NO2Si2. The van der Waals surface area contributed by atoms with E-state index in [-0.39, 0.29) is 28.8 Å². The van der Waals surface area contributed by atoms with Crippen LogP contribution in [0.15, 0.2) is 0 Å². The first kappa shape index (κ1) is 30.3. The number of nitrogens with zero attached hydrogens (tertiary/aromatic N) is 1. The van der Waals surface area contributed by atoms with E-state index in [9.17, 15) is 0 Å². The predicted octanol–water partition coefficient (Wildman–Crippen LogP) is 8.32. The van der Waals surface area contributed by atoms with Crippen molar-refractivity contribution in [3.63, 3.8) is 0 Å². The van der Waals surface area contributed by atoms with Gasteiger partial charge in [0.25, 0.3) is 0 Å². The van der Waals surface area contributed by atoms with Crippen LogP contribution in [0.2, 0.25) is 39.3 Å². The van der Waals surface area contributed by atoms with Crippen LogP contribution in [0.1, 0.15) is 94.4 Å². The van der Waals surface area contributed by atoms with Gasteiger partial charge < -0.3 is 8.85 Å². The zero-order valence-corrected chi connectivity index (χ0v) is 26.6. The number of hydrogen-bond acceptors (Lipinski definition) is 3. The molecule has 1 aliphatic heterocycles. The quantitative estimate of drug-likeness (QED) is 0.290. The summed E-state index contributed by atoms with van der Waals surface area (Å²) in [5.41, 5.74) is 0.0755. The van der Waals surface area contributed by atoms with Gasteiger partial charge in [-0.3, -0.25) is 4.90 Å². The Morgan fingerprint density at radius 1 is 0.719 bits per heavy atom. The molecule has 1 rings (SSSR count). The topological polar surface area (TPSA) is 21.7 Å². The van der Waals surface area contributed by atoms with Crippen molar-refractivity contribution in [3.8, 4) is 0 Å². The Labute approximate surface area is 204 Å². The third-order valence-electron chi connectivity index (χ3n) is 7.24. The van der Waals surface area contributed by atoms with Gasteiger partial charge in [0.05, 0.1) is 12.2 Å². The van der Waals surface area contributed by atoms with Crippen molar-refractivity contribution in [2.75, 3.05) is 0 Å². The summed E-state index contributed by atoms with van der Waals surface area (Å²) < 4.78 is 14.2. The third kappa shape index (κ3) is 6.71. The van der Waals surface area contributed by atoms with Gasteiger partial charge in [-0.25, -0.2) is 0 Å². The van der Waals surface area contributed by atoms with Crippen LogP contribution < -0.4 is 0 Å². The molecule has 0 aromatic carbocycles. The Morgan fingerprint density at radius 2 is 1.03 bits per heavy atom. The van der Waals surface area contributed by atoms with E-state index in [1.54, 1.807) is 0 Å². The minimum atomic E-state index is -1.71. The molecule has 0 bridgehead atoms. The minimum absolute atomic E-state index is 0.0247. The lowest BCUT2D eigenvalue weighted by Crippen LogP contribution is -2.77. The second-order valence-corrected chi connectivity index (χ2v) is 23.0. The average molecular weight is 486 g/mol. The van der Waals surface area contributed by atoms with Crippen molar-refractivity contribution in [1.29, 1.82) is 0 Å². The first-order valence-corrected chi connectivity index (χ1v) is 20.2. The van der Waals surface area contributed by atoms with Crippen molar-refractivity contribution in [3.05, 3.63) is 0 Å². The molecule has 0 radical (unpaired) electrons. The SMILES string of the molecule is CCC1(C(O[Si](C)(C)C)C(C)C)CCCC(CC)(C(O[Si](C)(C)C)C(C)C)N1C(C)(C)C. The lowest BCUT2D eigenvalue weighted by Gasteiger charge is -2.68. The highest BCUT2D eigenvalue weighted by molar-refractivity contribution is 6.70. The molecule has 5 heteroatoms. The lowest BCUT2D eigenvalue weighted by molar-refractivity contribution is -0.205. The molecular weight excluding hydrogens is 426 g/mol. The van der Waals surface area contributed by atoms with Gasteiger partial charge in [-0.15, -0.1) is 0 Å². The van der Waals surface area contributed by atoms with Crippen molar-refractivity contribution in [2.45, 2.75) is 163 Å². The van der Waals surface area contributed by atoms with Gasteiger partial charge in [-0.2, -0.15) is 0 Å². The van der Waals surface area contributed by atoms with E-state index in [4.69, 9.17) is 8.85 Å². The van der Waals surface area contributed by atoms with Crippen LogP contribution in [0.5, 0.6) is 0 Å². The van der Waals surface area contributed by atoms with Crippen molar-refractivity contribution >= 4 is 16.6 Å². The Morgan fingerprint density at radius 3 is 1.22 bits per heavy atom. The normalized spacial score (nSPS) is 28.4. The maximum atomic E-state index is 7.10. The van der Waals surface area contributed by atoms with Gasteiger partial charge in [0.2, 0.25) is 0 Å². The second kappa shape index (κ2) is 10.5. The van der Waals surface area contributed by atoms with Crippen LogP contribution in [0.25, 0.3) is 0 Å². The molecule has 3 nitrogen and oxygen atoms in total. The van der Waals surface area contributed by atoms with Gasteiger partial charge in [0.1, 0.15) is 0 Å². The van der Waals surface area contributed by atoms with Crippen LogP contribution in [0.4, 0.5) is 0 Å². The van der Waals surface area contributed by atoms with Gasteiger partial charge >= 0.3 is 0 Å². The maximum absolute atomic E-state index is 7.10. The van der Waals surface area contributed by atoms with Crippen LogP contribution in [0.3, 0.4) is 0 Å². The first-order chi connectivity index (χ1) is 14.3. The zero-order chi connectivity index (χ0) is 25.3. The first-order valence-electron chi connectivity index (χ1n) is 13.4. The smallest absolute Gasteiger partial charge is 0.184 e. The number of likely N-dealkylation sites (tertiary alicyclic amines) is 1. The summed E-state index contributed by atoms with van der Waals surface area (Å²) in [7, 11) is -3.43. The Kier molecular flexibility index (Phi) is 9.97. The molecule has 32 heavy (non-hydrogen) atoms. The van der Waals surface area contributed by atoms with Crippen LogP contribution in [0, 0.1) is 11.8 Å². The van der Waals surface area contributed by atoms with Gasteiger partial charge in [0, 0.05) is 16.6 Å². The van der Waals surface area contributed by atoms with Gasteiger partial charge in [0.15, 0.2) is 16.6 Å². The van der Waals surface area contributed by atoms with E-state index in [2.05, 4.69) is 106 Å². The summed E-state index contributed by atoms with van der Waals surface area (Å²) in [6.45, 7) is 35.8. The average Bonchev–Trinajstić information content (AvgIpc) is 2.60. The van der Waals surface area contributed by atoms with Crippen molar-refractivity contribution in [2.24, 2.45) is 11.8 Å². The molecule has 192 valence electrons. The summed E-state index contributed by atoms with van der Waals surface area (Å²) >= 11 is 0. The fraction of sp³-hybridized carbons (Fsp3) is 1.00. The standard InChI is InChI=1S/C27H59NO2Si2/c1-16-26(23(21(3)4)29-31(10,11)12)19-18-20-27(17-2,28(26)25(7,8)9)24(22(5)6)30-32(13,14)15/h21-24H,16-20H2,1-15H3. The molecule has 0 aromatic rings. The highest BCUT2D eigenvalue weighted by Gasteiger charge is 2.61. The van der Waals surface area contributed by atoms with Crippen molar-refractivity contribution in [1.82, 2.24) is 4.90 Å². The number of piperidine rings is 1. The van der Waals surface area contributed by atoms with E-state index in [0.717, 1.165) is 12.8 Å². The molecule has 1 heterocycles. The van der Waals surface area contributed by atoms with E-state index in [1.165, 1.54) is 19.3 Å². The van der Waals surface area contributed by atoms with E-state index < -0.39 is 16.6 Å². The molecule has 4 atom stereocenters. The summed E-state index contributed by atoms with van der Waals surface area (Å²) in [5, 5.41) is 0. The molecule has 0 amide bonds. The fourth-order valence-electron chi connectivity index (χ4n) is 6.81. The molecule has 0 aromatic heterocycles. The van der Waals surface area contributed by atoms with Gasteiger partial charge in [-0.1, -0.05) is 41.5 Å². The minimum Gasteiger partial charge on any atom is -0.413 e. The number of hydrogen-bond donors (Lipinski definition) is 0. The zero-order valence-electron chi connectivity index (χ0n) is 24.6. The molecule has 4 unspecified atom stereocenters. The Bertz CT molecular complexity index is 544. The van der Waals surface area contributed by atoms with E-state index in [1.807, 2.05) is 0 Å². The summed E-state index contributed by atoms with van der Waals surface area (Å²) in [6.07, 6.45) is 6.41. The second-order valence-electron chi connectivity index (χ2n) is 14.1. The summed E-state index contributed by atoms with van der Waals surface area (Å²) in [5.74, 6) is 0.962. The Balaban J connectivity index is 3.87. The highest BCUT2D eigenvalue weighted by atomic mass is 28.4. The fourth-order valence-corrected chi connectivity index (χ4v) is 9.32. The van der Waals surface area contributed by atoms with Crippen molar-refractivity contribution < 1.29 is 8.85 Å². The molecule has 0 spiro atoms. The van der Waals surface area contributed by atoms with Crippen LogP contribution in [-0.4, -0.2) is 50.4 Å². The predicted molar refractivity (Wildman–Crippen MR) is 148 cm³/mol. The highest BCUT2D eigenvalue weighted by Crippen LogP contribution is 2.53. The lowest BCUT2D eigenvalue weighted by atomic mass is 9.64. The van der Waals surface area contributed by atoms with Gasteiger partial charge in [-0.05, 0) is 104 Å². The monoisotopic (exact) mass is 485 g/mol. The molecule has 0 aliphatic carbocycles.